The number of ether oxygens (including phenoxy) is 1. The highest BCUT2D eigenvalue weighted by atomic mass is 19.1. The molecule has 0 saturated carbocycles. The average molecular weight is 315 g/mol. The Labute approximate surface area is 133 Å². The Bertz CT molecular complexity index is 806. The van der Waals surface area contributed by atoms with Crippen LogP contribution in [0.3, 0.4) is 0 Å². The lowest BCUT2D eigenvalue weighted by Gasteiger charge is -2.09. The Morgan fingerprint density at radius 2 is 1.96 bits per heavy atom. The first-order valence-corrected chi connectivity index (χ1v) is 7.38. The van der Waals surface area contributed by atoms with E-state index in [9.17, 15) is 4.39 Å². The summed E-state index contributed by atoms with van der Waals surface area (Å²) in [5, 5.41) is 12.2. The number of benzene rings is 1. The van der Waals surface area contributed by atoms with Gasteiger partial charge in [0.2, 0.25) is 0 Å². The number of aromatic nitrogens is 5. The SMILES string of the molecule is CCn1nc(C)c(F)c1-c1nncn1Cc1ccc(OC)cc1. The number of methoxy groups -OCH3 is 1. The molecule has 0 radical (unpaired) electrons. The molecule has 120 valence electrons. The van der Waals surface area contributed by atoms with Crippen LogP contribution >= 0.6 is 0 Å². The lowest BCUT2D eigenvalue weighted by Crippen LogP contribution is -2.07. The largest absolute Gasteiger partial charge is 0.497 e. The van der Waals surface area contributed by atoms with Gasteiger partial charge in [-0.2, -0.15) is 5.10 Å². The summed E-state index contributed by atoms with van der Waals surface area (Å²) < 4.78 is 23.0. The molecule has 3 rings (SSSR count). The molecular weight excluding hydrogens is 297 g/mol. The summed E-state index contributed by atoms with van der Waals surface area (Å²) in [5.41, 5.74) is 1.78. The molecule has 0 atom stereocenters. The molecule has 0 spiro atoms. The number of hydrogen-bond donors (Lipinski definition) is 0. The second kappa shape index (κ2) is 6.20. The fourth-order valence-electron chi connectivity index (χ4n) is 2.48. The van der Waals surface area contributed by atoms with Crippen molar-refractivity contribution in [1.82, 2.24) is 24.5 Å². The van der Waals surface area contributed by atoms with Crippen LogP contribution in [0.4, 0.5) is 4.39 Å². The van der Waals surface area contributed by atoms with Crippen LogP contribution in [0.5, 0.6) is 5.75 Å². The summed E-state index contributed by atoms with van der Waals surface area (Å²) in [6, 6.07) is 7.70. The predicted octanol–water partition coefficient (Wildman–Crippen LogP) is 2.67. The summed E-state index contributed by atoms with van der Waals surface area (Å²) in [6.07, 6.45) is 1.60. The van der Waals surface area contributed by atoms with E-state index >= 15 is 0 Å². The van der Waals surface area contributed by atoms with Gasteiger partial charge in [-0.1, -0.05) is 12.1 Å². The summed E-state index contributed by atoms with van der Waals surface area (Å²) in [6.45, 7) is 4.67. The molecule has 0 aliphatic heterocycles. The summed E-state index contributed by atoms with van der Waals surface area (Å²) in [7, 11) is 1.63. The van der Waals surface area contributed by atoms with E-state index in [1.165, 1.54) is 0 Å². The Hall–Kier alpha value is -2.70. The van der Waals surface area contributed by atoms with Crippen LogP contribution in [-0.4, -0.2) is 31.7 Å². The van der Waals surface area contributed by atoms with Gasteiger partial charge in [0, 0.05) is 6.54 Å². The van der Waals surface area contributed by atoms with Gasteiger partial charge >= 0.3 is 0 Å². The van der Waals surface area contributed by atoms with E-state index in [-0.39, 0.29) is 5.82 Å². The zero-order valence-electron chi connectivity index (χ0n) is 13.3. The van der Waals surface area contributed by atoms with Crippen molar-refractivity contribution in [2.75, 3.05) is 7.11 Å². The van der Waals surface area contributed by atoms with Crippen LogP contribution in [0.15, 0.2) is 30.6 Å². The van der Waals surface area contributed by atoms with E-state index in [1.807, 2.05) is 35.8 Å². The van der Waals surface area contributed by atoms with E-state index in [2.05, 4.69) is 15.3 Å². The number of nitrogens with zero attached hydrogens (tertiary/aromatic N) is 5. The van der Waals surface area contributed by atoms with E-state index < -0.39 is 0 Å². The first-order chi connectivity index (χ1) is 11.1. The van der Waals surface area contributed by atoms with Crippen molar-refractivity contribution < 1.29 is 9.13 Å². The first-order valence-electron chi connectivity index (χ1n) is 7.38. The fourth-order valence-corrected chi connectivity index (χ4v) is 2.48. The number of aryl methyl sites for hydroxylation is 2. The minimum atomic E-state index is -0.351. The van der Waals surface area contributed by atoms with Gasteiger partial charge < -0.3 is 9.30 Å². The van der Waals surface area contributed by atoms with Crippen LogP contribution in [0.25, 0.3) is 11.5 Å². The van der Waals surface area contributed by atoms with Crippen molar-refractivity contribution in [1.29, 1.82) is 0 Å². The number of halogens is 1. The molecule has 0 fully saturated rings. The van der Waals surface area contributed by atoms with Crippen LogP contribution in [0.2, 0.25) is 0 Å². The minimum Gasteiger partial charge on any atom is -0.497 e. The Kier molecular flexibility index (Phi) is 4.10. The van der Waals surface area contributed by atoms with E-state index in [0.717, 1.165) is 11.3 Å². The molecule has 2 aromatic heterocycles. The molecule has 3 aromatic rings. The molecule has 0 bridgehead atoms. The molecule has 0 aliphatic carbocycles. The highest BCUT2D eigenvalue weighted by Gasteiger charge is 2.21. The second-order valence-corrected chi connectivity index (χ2v) is 5.19. The standard InChI is InChI=1S/C16H18FN5O/c1-4-22-15(14(17)11(2)20-22)16-19-18-10-21(16)9-12-5-7-13(23-3)8-6-12/h5-8,10H,4,9H2,1-3H3. The van der Waals surface area contributed by atoms with Gasteiger partial charge in [-0.15, -0.1) is 10.2 Å². The zero-order chi connectivity index (χ0) is 16.4. The first kappa shape index (κ1) is 15.2. The fraction of sp³-hybridized carbons (Fsp3) is 0.312. The van der Waals surface area contributed by atoms with Crippen molar-refractivity contribution in [3.63, 3.8) is 0 Å². The number of rotatable bonds is 5. The van der Waals surface area contributed by atoms with Crippen molar-refractivity contribution in [2.45, 2.75) is 26.9 Å². The molecule has 23 heavy (non-hydrogen) atoms. The average Bonchev–Trinajstić information content (AvgIpc) is 3.12. The third-order valence-corrected chi connectivity index (χ3v) is 3.69. The van der Waals surface area contributed by atoms with Gasteiger partial charge in [-0.05, 0) is 31.5 Å². The maximum Gasteiger partial charge on any atom is 0.185 e. The molecule has 7 heteroatoms. The topological polar surface area (TPSA) is 57.8 Å². The highest BCUT2D eigenvalue weighted by Crippen LogP contribution is 2.24. The van der Waals surface area contributed by atoms with Crippen LogP contribution in [0.1, 0.15) is 18.2 Å². The normalized spacial score (nSPS) is 11.0. The maximum atomic E-state index is 14.4. The lowest BCUT2D eigenvalue weighted by molar-refractivity contribution is 0.414. The van der Waals surface area contributed by atoms with Gasteiger partial charge in [0.05, 0.1) is 19.3 Å². The quantitative estimate of drug-likeness (QED) is 0.726. The molecule has 0 N–H and O–H groups in total. The monoisotopic (exact) mass is 315 g/mol. The molecule has 0 unspecified atom stereocenters. The van der Waals surface area contributed by atoms with Crippen LogP contribution in [-0.2, 0) is 13.1 Å². The van der Waals surface area contributed by atoms with Crippen molar-refractivity contribution in [3.05, 3.63) is 47.7 Å². The van der Waals surface area contributed by atoms with Gasteiger partial charge in [0.1, 0.15) is 17.8 Å². The molecule has 2 heterocycles. The molecule has 0 saturated heterocycles. The van der Waals surface area contributed by atoms with E-state index in [4.69, 9.17) is 4.74 Å². The third kappa shape index (κ3) is 2.81. The Balaban J connectivity index is 1.96. The maximum absolute atomic E-state index is 14.4. The van der Waals surface area contributed by atoms with Crippen molar-refractivity contribution >= 4 is 0 Å². The van der Waals surface area contributed by atoms with E-state index in [1.54, 1.807) is 25.0 Å². The van der Waals surface area contributed by atoms with Crippen molar-refractivity contribution in [2.24, 2.45) is 0 Å². The van der Waals surface area contributed by atoms with Crippen LogP contribution in [0, 0.1) is 12.7 Å². The predicted molar refractivity (Wildman–Crippen MR) is 83.7 cm³/mol. The van der Waals surface area contributed by atoms with Gasteiger partial charge in [-0.25, -0.2) is 4.39 Å². The third-order valence-electron chi connectivity index (χ3n) is 3.69. The second-order valence-electron chi connectivity index (χ2n) is 5.19. The van der Waals surface area contributed by atoms with Gasteiger partial charge in [0.15, 0.2) is 11.6 Å². The van der Waals surface area contributed by atoms with Crippen molar-refractivity contribution in [3.8, 4) is 17.3 Å². The summed E-state index contributed by atoms with van der Waals surface area (Å²) in [4.78, 5) is 0. The summed E-state index contributed by atoms with van der Waals surface area (Å²) in [5.74, 6) is 0.917. The smallest absolute Gasteiger partial charge is 0.185 e. The number of hydrogen-bond acceptors (Lipinski definition) is 4. The zero-order valence-corrected chi connectivity index (χ0v) is 13.3. The molecule has 0 amide bonds. The summed E-state index contributed by atoms with van der Waals surface area (Å²) >= 11 is 0. The highest BCUT2D eigenvalue weighted by molar-refractivity contribution is 5.52. The lowest BCUT2D eigenvalue weighted by atomic mass is 10.2. The van der Waals surface area contributed by atoms with Gasteiger partial charge in [0.25, 0.3) is 0 Å². The van der Waals surface area contributed by atoms with Crippen LogP contribution < -0.4 is 4.74 Å². The molecule has 1 aromatic carbocycles. The Morgan fingerprint density at radius 3 is 2.61 bits per heavy atom. The van der Waals surface area contributed by atoms with E-state index in [0.29, 0.717) is 30.3 Å². The Morgan fingerprint density at radius 1 is 1.22 bits per heavy atom. The molecule has 0 aliphatic rings. The minimum absolute atomic E-state index is 0.351. The van der Waals surface area contributed by atoms with Gasteiger partial charge in [-0.3, -0.25) is 4.68 Å². The molecule has 6 nitrogen and oxygen atoms in total. The molecular formula is C16H18FN5O.